The Kier molecular flexibility index (Phi) is 11.1. The van der Waals surface area contributed by atoms with Crippen LogP contribution in [0.5, 0.6) is 11.5 Å². The summed E-state index contributed by atoms with van der Waals surface area (Å²) < 4.78 is 21.3. The maximum absolute atomic E-state index is 12.3. The smallest absolute Gasteiger partial charge is 0.343 e. The number of unbranched alkanes of at least 4 members (excludes halogenated alkanes) is 3. The van der Waals surface area contributed by atoms with E-state index in [9.17, 15) is 19.2 Å². The third-order valence-electron chi connectivity index (χ3n) is 6.40. The fourth-order valence-corrected chi connectivity index (χ4v) is 3.94. The Balaban J connectivity index is 1.07. The molecule has 0 amide bonds. The van der Waals surface area contributed by atoms with Crippen LogP contribution >= 0.6 is 0 Å². The molecule has 0 heterocycles. The van der Waals surface area contributed by atoms with Crippen molar-refractivity contribution in [3.05, 3.63) is 119 Å². The van der Waals surface area contributed by atoms with Crippen LogP contribution in [0.3, 0.4) is 0 Å². The van der Waals surface area contributed by atoms with Gasteiger partial charge < -0.3 is 30.4 Å². The van der Waals surface area contributed by atoms with Gasteiger partial charge >= 0.3 is 23.9 Å². The van der Waals surface area contributed by atoms with Gasteiger partial charge in [0.1, 0.15) is 11.5 Å². The second kappa shape index (κ2) is 15.5. The topological polar surface area (TPSA) is 157 Å². The number of anilines is 2. The van der Waals surface area contributed by atoms with E-state index in [2.05, 4.69) is 0 Å². The zero-order valence-corrected chi connectivity index (χ0v) is 23.9. The Labute approximate surface area is 254 Å². The lowest BCUT2D eigenvalue weighted by molar-refractivity contribution is 0.0473. The van der Waals surface area contributed by atoms with Crippen LogP contribution in [0.4, 0.5) is 11.4 Å². The van der Waals surface area contributed by atoms with Gasteiger partial charge in [0, 0.05) is 11.4 Å². The Bertz CT molecular complexity index is 1450. The number of benzene rings is 4. The normalized spacial score (nSPS) is 10.5. The highest BCUT2D eigenvalue weighted by Gasteiger charge is 2.12. The van der Waals surface area contributed by atoms with Crippen molar-refractivity contribution in [2.24, 2.45) is 0 Å². The molecule has 0 fully saturated rings. The number of carbonyl (C=O) groups excluding carboxylic acids is 4. The molecule has 4 rings (SSSR count). The first-order chi connectivity index (χ1) is 21.3. The van der Waals surface area contributed by atoms with Gasteiger partial charge in [0.25, 0.3) is 0 Å². The zero-order chi connectivity index (χ0) is 31.3. The predicted molar refractivity (Wildman–Crippen MR) is 164 cm³/mol. The molecular weight excluding hydrogens is 564 g/mol. The van der Waals surface area contributed by atoms with Gasteiger partial charge in [-0.1, -0.05) is 0 Å². The van der Waals surface area contributed by atoms with E-state index < -0.39 is 23.9 Å². The van der Waals surface area contributed by atoms with E-state index >= 15 is 0 Å². The van der Waals surface area contributed by atoms with Gasteiger partial charge in [0.15, 0.2) is 0 Å². The van der Waals surface area contributed by atoms with Crippen molar-refractivity contribution in [3.63, 3.8) is 0 Å². The molecule has 10 nitrogen and oxygen atoms in total. The lowest BCUT2D eigenvalue weighted by atomic mass is 10.2. The molecule has 0 bridgehead atoms. The number of hydrogen-bond donors (Lipinski definition) is 2. The highest BCUT2D eigenvalue weighted by Crippen LogP contribution is 2.18. The third-order valence-corrected chi connectivity index (χ3v) is 6.40. The largest absolute Gasteiger partial charge is 0.462 e. The highest BCUT2D eigenvalue weighted by atomic mass is 16.5. The Morgan fingerprint density at radius 2 is 0.705 bits per heavy atom. The van der Waals surface area contributed by atoms with Crippen molar-refractivity contribution < 1.29 is 38.1 Å². The van der Waals surface area contributed by atoms with E-state index in [0.29, 0.717) is 58.0 Å². The Hall–Kier alpha value is -5.64. The fraction of sp³-hybridized carbons (Fsp3) is 0.176. The molecule has 0 atom stereocenters. The molecule has 4 N–H and O–H groups in total. The van der Waals surface area contributed by atoms with Crippen LogP contribution in [0.25, 0.3) is 0 Å². The standard InChI is InChI=1S/C34H32N2O8/c35-27-13-5-25(6-14-27)33(39)43-29-17-9-23(10-18-29)31(37)41-21-3-1-2-4-22-42-32(38)24-11-19-30(20-12-24)44-34(40)26-7-15-28(36)16-8-26/h5-20H,1-4,21-22,35-36H2. The molecule has 4 aromatic carbocycles. The Morgan fingerprint density at radius 3 is 1.05 bits per heavy atom. The number of rotatable bonds is 13. The summed E-state index contributed by atoms with van der Waals surface area (Å²) in [6.07, 6.45) is 2.90. The van der Waals surface area contributed by atoms with Gasteiger partial charge in [-0.2, -0.15) is 0 Å². The van der Waals surface area contributed by atoms with Crippen LogP contribution in [0, 0.1) is 0 Å². The minimum Gasteiger partial charge on any atom is -0.462 e. The number of carbonyl (C=O) groups is 4. The van der Waals surface area contributed by atoms with Crippen molar-refractivity contribution in [2.45, 2.75) is 25.7 Å². The van der Waals surface area contributed by atoms with Crippen molar-refractivity contribution in [3.8, 4) is 11.5 Å². The summed E-state index contributed by atoms with van der Waals surface area (Å²) in [5.41, 5.74) is 13.8. The molecule has 10 heteroatoms. The summed E-state index contributed by atoms with van der Waals surface area (Å²) in [6.45, 7) is 0.503. The first kappa shape index (κ1) is 31.3. The average molecular weight is 597 g/mol. The number of hydrogen-bond acceptors (Lipinski definition) is 10. The molecule has 0 aromatic heterocycles. The summed E-state index contributed by atoms with van der Waals surface area (Å²) in [7, 11) is 0. The van der Waals surface area contributed by atoms with E-state index in [-0.39, 0.29) is 13.2 Å². The van der Waals surface area contributed by atoms with E-state index in [0.717, 1.165) is 12.8 Å². The molecule has 226 valence electrons. The maximum Gasteiger partial charge on any atom is 0.343 e. The zero-order valence-electron chi connectivity index (χ0n) is 23.9. The van der Waals surface area contributed by atoms with Crippen LogP contribution in [0.15, 0.2) is 97.1 Å². The summed E-state index contributed by atoms with van der Waals surface area (Å²) >= 11 is 0. The summed E-state index contributed by atoms with van der Waals surface area (Å²) in [5, 5.41) is 0. The minimum absolute atomic E-state index is 0.252. The van der Waals surface area contributed by atoms with Crippen LogP contribution < -0.4 is 20.9 Å². The van der Waals surface area contributed by atoms with Crippen LogP contribution in [-0.2, 0) is 9.47 Å². The van der Waals surface area contributed by atoms with Gasteiger partial charge in [-0.3, -0.25) is 0 Å². The molecule has 0 saturated heterocycles. The SMILES string of the molecule is Nc1ccc(C(=O)Oc2ccc(C(=O)OCCCCCCOC(=O)c3ccc(OC(=O)c4ccc(N)cc4)cc3)cc2)cc1. The number of esters is 4. The summed E-state index contributed by atoms with van der Waals surface area (Å²) in [4.78, 5) is 49.0. The molecule has 0 unspecified atom stereocenters. The second-order valence-corrected chi connectivity index (χ2v) is 9.76. The van der Waals surface area contributed by atoms with Gasteiger partial charge in [-0.15, -0.1) is 0 Å². The van der Waals surface area contributed by atoms with Crippen LogP contribution in [0.1, 0.15) is 67.1 Å². The van der Waals surface area contributed by atoms with E-state index in [1.807, 2.05) is 0 Å². The molecule has 4 aromatic rings. The fourth-order valence-electron chi connectivity index (χ4n) is 3.94. The molecular formula is C34H32N2O8. The quantitative estimate of drug-likeness (QED) is 0.0828. The summed E-state index contributed by atoms with van der Waals surface area (Å²) in [5.74, 6) is -1.39. The van der Waals surface area contributed by atoms with Gasteiger partial charge in [-0.05, 0) is 123 Å². The molecule has 0 spiro atoms. The molecule has 0 radical (unpaired) electrons. The third kappa shape index (κ3) is 9.45. The lowest BCUT2D eigenvalue weighted by Gasteiger charge is -2.08. The Morgan fingerprint density at radius 1 is 0.409 bits per heavy atom. The lowest BCUT2D eigenvalue weighted by Crippen LogP contribution is -2.10. The molecule has 44 heavy (non-hydrogen) atoms. The second-order valence-electron chi connectivity index (χ2n) is 9.76. The monoisotopic (exact) mass is 596 g/mol. The number of ether oxygens (including phenoxy) is 4. The highest BCUT2D eigenvalue weighted by molar-refractivity contribution is 5.93. The van der Waals surface area contributed by atoms with Crippen molar-refractivity contribution in [1.82, 2.24) is 0 Å². The number of nitrogen functional groups attached to an aromatic ring is 2. The van der Waals surface area contributed by atoms with Crippen molar-refractivity contribution in [2.75, 3.05) is 24.7 Å². The van der Waals surface area contributed by atoms with Crippen molar-refractivity contribution in [1.29, 1.82) is 0 Å². The van der Waals surface area contributed by atoms with Crippen molar-refractivity contribution >= 4 is 35.3 Å². The minimum atomic E-state index is -0.528. The number of nitrogens with two attached hydrogens (primary N) is 2. The van der Waals surface area contributed by atoms with E-state index in [1.165, 1.54) is 48.5 Å². The van der Waals surface area contributed by atoms with Gasteiger partial charge in [-0.25, -0.2) is 19.2 Å². The molecule has 0 aliphatic carbocycles. The maximum atomic E-state index is 12.3. The van der Waals surface area contributed by atoms with Gasteiger partial charge in [0.05, 0.1) is 35.5 Å². The molecule has 0 saturated carbocycles. The average Bonchev–Trinajstić information content (AvgIpc) is 3.03. The van der Waals surface area contributed by atoms with Crippen LogP contribution in [0.2, 0.25) is 0 Å². The van der Waals surface area contributed by atoms with E-state index in [1.54, 1.807) is 48.5 Å². The first-order valence-corrected chi connectivity index (χ1v) is 14.0. The molecule has 0 aliphatic heterocycles. The van der Waals surface area contributed by atoms with Gasteiger partial charge in [0.2, 0.25) is 0 Å². The van der Waals surface area contributed by atoms with E-state index in [4.69, 9.17) is 30.4 Å². The van der Waals surface area contributed by atoms with Crippen LogP contribution in [-0.4, -0.2) is 37.1 Å². The molecule has 0 aliphatic rings. The summed E-state index contributed by atoms with van der Waals surface area (Å²) in [6, 6.07) is 25.0. The first-order valence-electron chi connectivity index (χ1n) is 14.0. The predicted octanol–water partition coefficient (Wildman–Crippen LogP) is 5.86.